The van der Waals surface area contributed by atoms with E-state index >= 15 is 0 Å². The Hall–Kier alpha value is -2.90. The number of ether oxygens (including phenoxy) is 2. The van der Waals surface area contributed by atoms with Crippen molar-refractivity contribution in [2.45, 2.75) is 39.0 Å². The molecule has 2 N–H and O–H groups in total. The van der Waals surface area contributed by atoms with E-state index in [4.69, 9.17) is 9.47 Å². The van der Waals surface area contributed by atoms with Crippen molar-refractivity contribution in [3.63, 3.8) is 0 Å². The van der Waals surface area contributed by atoms with Gasteiger partial charge in [-0.1, -0.05) is 19.3 Å². The van der Waals surface area contributed by atoms with Crippen molar-refractivity contribution < 1.29 is 23.9 Å². The third-order valence-corrected chi connectivity index (χ3v) is 4.24. The molecule has 0 radical (unpaired) electrons. The van der Waals surface area contributed by atoms with Crippen LogP contribution in [0.25, 0.3) is 0 Å². The summed E-state index contributed by atoms with van der Waals surface area (Å²) in [6.07, 6.45) is 6.50. The van der Waals surface area contributed by atoms with Crippen molar-refractivity contribution in [1.29, 1.82) is 0 Å². The van der Waals surface area contributed by atoms with Crippen LogP contribution in [0.4, 0.5) is 0 Å². The second-order valence-corrected chi connectivity index (χ2v) is 6.35. The lowest BCUT2D eigenvalue weighted by molar-refractivity contribution is -0.132. The molecule has 0 atom stereocenters. The average Bonchev–Trinajstić information content (AvgIpc) is 2.67. The second-order valence-electron chi connectivity index (χ2n) is 6.35. The molecule has 2 rings (SSSR count). The number of hydrazone groups is 1. The fraction of sp³-hybridized carbons (Fsp3) is 0.474. The zero-order valence-corrected chi connectivity index (χ0v) is 15.6. The fourth-order valence-electron chi connectivity index (χ4n) is 2.90. The minimum atomic E-state index is -0.447. The molecule has 146 valence electrons. The second kappa shape index (κ2) is 10.3. The van der Waals surface area contributed by atoms with Crippen LogP contribution < -0.4 is 20.2 Å². The van der Waals surface area contributed by atoms with Gasteiger partial charge in [0, 0.05) is 12.8 Å². The normalized spacial score (nSPS) is 14.6. The molecular formula is C19H25N3O5. The van der Waals surface area contributed by atoms with Gasteiger partial charge in [-0.05, 0) is 36.6 Å². The van der Waals surface area contributed by atoms with E-state index in [2.05, 4.69) is 15.8 Å². The SMILES string of the molecule is COc1cc(/C=N/NC(=O)CNC(=O)C2CCCCC2)ccc1OC(C)=O. The smallest absolute Gasteiger partial charge is 0.308 e. The van der Waals surface area contributed by atoms with E-state index < -0.39 is 11.9 Å². The Bertz CT molecular complexity index is 711. The number of methoxy groups -OCH3 is 1. The van der Waals surface area contributed by atoms with Gasteiger partial charge in [0.2, 0.25) is 5.91 Å². The van der Waals surface area contributed by atoms with E-state index in [-0.39, 0.29) is 18.4 Å². The predicted octanol–water partition coefficient (Wildman–Crippen LogP) is 1.77. The number of benzene rings is 1. The van der Waals surface area contributed by atoms with E-state index in [1.54, 1.807) is 18.2 Å². The zero-order valence-electron chi connectivity index (χ0n) is 15.6. The first-order valence-electron chi connectivity index (χ1n) is 8.95. The molecule has 0 heterocycles. The molecule has 1 aliphatic carbocycles. The summed E-state index contributed by atoms with van der Waals surface area (Å²) in [7, 11) is 1.46. The standard InChI is InChI=1S/C19H25N3O5/c1-13(23)27-16-9-8-14(10-17(16)26-2)11-21-22-18(24)12-20-19(25)15-6-4-3-5-7-15/h8-11,15H,3-7,12H2,1-2H3,(H,20,25)(H,22,24)/b21-11+. The van der Waals surface area contributed by atoms with E-state index in [1.165, 1.54) is 26.7 Å². The van der Waals surface area contributed by atoms with E-state index in [0.29, 0.717) is 17.1 Å². The third-order valence-electron chi connectivity index (χ3n) is 4.24. The lowest BCUT2D eigenvalue weighted by Gasteiger charge is -2.20. The van der Waals surface area contributed by atoms with Crippen LogP contribution in [0.3, 0.4) is 0 Å². The summed E-state index contributed by atoms with van der Waals surface area (Å²) in [6.45, 7) is 1.19. The van der Waals surface area contributed by atoms with Crippen LogP contribution in [0.15, 0.2) is 23.3 Å². The van der Waals surface area contributed by atoms with Crippen molar-refractivity contribution in [1.82, 2.24) is 10.7 Å². The Morgan fingerprint density at radius 3 is 2.59 bits per heavy atom. The van der Waals surface area contributed by atoms with Gasteiger partial charge in [-0.25, -0.2) is 5.43 Å². The van der Waals surface area contributed by atoms with Crippen molar-refractivity contribution in [3.05, 3.63) is 23.8 Å². The van der Waals surface area contributed by atoms with E-state index in [1.807, 2.05) is 0 Å². The Kier molecular flexibility index (Phi) is 7.79. The fourth-order valence-corrected chi connectivity index (χ4v) is 2.90. The maximum absolute atomic E-state index is 12.0. The first-order valence-corrected chi connectivity index (χ1v) is 8.95. The largest absolute Gasteiger partial charge is 0.493 e. The first kappa shape index (κ1) is 20.4. The van der Waals surface area contributed by atoms with Gasteiger partial charge < -0.3 is 14.8 Å². The van der Waals surface area contributed by atoms with Gasteiger partial charge in [-0.15, -0.1) is 0 Å². The van der Waals surface area contributed by atoms with Crippen LogP contribution in [-0.4, -0.2) is 37.7 Å². The maximum atomic E-state index is 12.0. The summed E-state index contributed by atoms with van der Waals surface area (Å²) in [6, 6.07) is 4.87. The molecule has 1 aromatic carbocycles. The number of carbonyl (C=O) groups is 3. The molecule has 0 unspecified atom stereocenters. The van der Waals surface area contributed by atoms with Gasteiger partial charge in [-0.2, -0.15) is 5.10 Å². The zero-order chi connectivity index (χ0) is 19.6. The van der Waals surface area contributed by atoms with Crippen LogP contribution in [-0.2, 0) is 14.4 Å². The quantitative estimate of drug-likeness (QED) is 0.327. The Labute approximate surface area is 158 Å². The maximum Gasteiger partial charge on any atom is 0.308 e. The highest BCUT2D eigenvalue weighted by atomic mass is 16.6. The molecular weight excluding hydrogens is 350 g/mol. The molecule has 0 aliphatic heterocycles. The summed E-state index contributed by atoms with van der Waals surface area (Å²) in [4.78, 5) is 34.8. The molecule has 8 nitrogen and oxygen atoms in total. The van der Waals surface area contributed by atoms with Crippen LogP contribution >= 0.6 is 0 Å². The molecule has 1 aromatic rings. The van der Waals surface area contributed by atoms with E-state index in [0.717, 1.165) is 25.7 Å². The molecule has 2 amide bonds. The Balaban J connectivity index is 1.81. The van der Waals surface area contributed by atoms with E-state index in [9.17, 15) is 14.4 Å². The molecule has 0 aromatic heterocycles. The lowest BCUT2D eigenvalue weighted by atomic mass is 9.89. The monoisotopic (exact) mass is 375 g/mol. The van der Waals surface area contributed by atoms with Crippen LogP contribution in [0.2, 0.25) is 0 Å². The highest BCUT2D eigenvalue weighted by Gasteiger charge is 2.21. The minimum Gasteiger partial charge on any atom is -0.493 e. The Morgan fingerprint density at radius 2 is 1.93 bits per heavy atom. The molecule has 1 saturated carbocycles. The first-order chi connectivity index (χ1) is 13.0. The van der Waals surface area contributed by atoms with Gasteiger partial charge in [0.05, 0.1) is 19.9 Å². The molecule has 1 aliphatic rings. The summed E-state index contributed by atoms with van der Waals surface area (Å²) in [5, 5.41) is 6.51. The van der Waals surface area contributed by atoms with Crippen molar-refractivity contribution >= 4 is 24.0 Å². The molecule has 0 saturated heterocycles. The number of nitrogens with zero attached hydrogens (tertiary/aromatic N) is 1. The van der Waals surface area contributed by atoms with Crippen LogP contribution in [0.5, 0.6) is 11.5 Å². The molecule has 0 spiro atoms. The van der Waals surface area contributed by atoms with Gasteiger partial charge in [-0.3, -0.25) is 14.4 Å². The van der Waals surface area contributed by atoms with Crippen molar-refractivity contribution in [3.8, 4) is 11.5 Å². The highest BCUT2D eigenvalue weighted by molar-refractivity contribution is 5.87. The summed E-state index contributed by atoms with van der Waals surface area (Å²) < 4.78 is 10.2. The van der Waals surface area contributed by atoms with Gasteiger partial charge in [0.1, 0.15) is 0 Å². The van der Waals surface area contributed by atoms with Gasteiger partial charge in [0.15, 0.2) is 11.5 Å². The molecule has 0 bridgehead atoms. The van der Waals surface area contributed by atoms with Gasteiger partial charge in [0.25, 0.3) is 5.91 Å². The van der Waals surface area contributed by atoms with Crippen LogP contribution in [0, 0.1) is 5.92 Å². The number of nitrogens with one attached hydrogen (secondary N) is 2. The third kappa shape index (κ3) is 6.73. The topological polar surface area (TPSA) is 106 Å². The number of amides is 2. The molecule has 27 heavy (non-hydrogen) atoms. The average molecular weight is 375 g/mol. The number of hydrogen-bond acceptors (Lipinski definition) is 6. The van der Waals surface area contributed by atoms with Crippen LogP contribution in [0.1, 0.15) is 44.6 Å². The van der Waals surface area contributed by atoms with Gasteiger partial charge >= 0.3 is 5.97 Å². The number of esters is 1. The van der Waals surface area contributed by atoms with Crippen molar-refractivity contribution in [2.24, 2.45) is 11.0 Å². The number of rotatable bonds is 7. The molecule has 1 fully saturated rings. The number of hydrogen-bond donors (Lipinski definition) is 2. The summed E-state index contributed by atoms with van der Waals surface area (Å²) >= 11 is 0. The number of carbonyl (C=O) groups excluding carboxylic acids is 3. The predicted molar refractivity (Wildman–Crippen MR) is 99.6 cm³/mol. The summed E-state index contributed by atoms with van der Waals surface area (Å²) in [5.74, 6) is -0.231. The minimum absolute atomic E-state index is 0.0123. The summed E-state index contributed by atoms with van der Waals surface area (Å²) in [5.41, 5.74) is 3.01. The Morgan fingerprint density at radius 1 is 1.19 bits per heavy atom. The van der Waals surface area contributed by atoms with Crippen molar-refractivity contribution in [2.75, 3.05) is 13.7 Å². The highest BCUT2D eigenvalue weighted by Crippen LogP contribution is 2.27. The lowest BCUT2D eigenvalue weighted by Crippen LogP contribution is -2.38. The molecule has 8 heteroatoms.